The molecule has 2 rings (SSSR count). The molecule has 0 unspecified atom stereocenters. The molecule has 0 spiro atoms. The Morgan fingerprint density at radius 3 is 2.68 bits per heavy atom. The quantitative estimate of drug-likeness (QED) is 0.769. The number of methoxy groups -OCH3 is 1. The average Bonchev–Trinajstić information content (AvgIpc) is 2.90. The molecule has 1 aliphatic heterocycles. The van der Waals surface area contributed by atoms with E-state index >= 15 is 0 Å². The molecule has 1 saturated heterocycles. The molecular weight excluding hydrogens is 322 g/mol. The van der Waals surface area contributed by atoms with E-state index in [-0.39, 0.29) is 18.4 Å². The van der Waals surface area contributed by atoms with Crippen LogP contribution in [0.5, 0.6) is 0 Å². The first kappa shape index (κ1) is 19.4. The lowest BCUT2D eigenvalue weighted by atomic mass is 10.1. The third-order valence-corrected chi connectivity index (χ3v) is 4.81. The van der Waals surface area contributed by atoms with E-state index < -0.39 is 6.04 Å². The minimum absolute atomic E-state index is 0.00458. The SMILES string of the molecule is COCC(=O)N1CCN(C)C[C@@H]1C(=O)N(C)CCc1c(C)n[nH]c1C. The van der Waals surface area contributed by atoms with E-state index in [9.17, 15) is 9.59 Å². The summed E-state index contributed by atoms with van der Waals surface area (Å²) in [5.74, 6) is -0.168. The number of ether oxygens (including phenoxy) is 1. The summed E-state index contributed by atoms with van der Waals surface area (Å²) < 4.78 is 4.95. The van der Waals surface area contributed by atoms with Crippen LogP contribution in [0, 0.1) is 13.8 Å². The van der Waals surface area contributed by atoms with Gasteiger partial charge in [-0.2, -0.15) is 5.10 Å². The van der Waals surface area contributed by atoms with Crippen molar-refractivity contribution in [1.29, 1.82) is 0 Å². The van der Waals surface area contributed by atoms with Gasteiger partial charge in [-0.1, -0.05) is 0 Å². The topological polar surface area (TPSA) is 81.8 Å². The number of aryl methyl sites for hydroxylation is 2. The number of aromatic amines is 1. The molecule has 8 heteroatoms. The smallest absolute Gasteiger partial charge is 0.249 e. The normalized spacial score (nSPS) is 18.4. The summed E-state index contributed by atoms with van der Waals surface area (Å²) in [5.41, 5.74) is 3.15. The van der Waals surface area contributed by atoms with Gasteiger partial charge < -0.3 is 19.4 Å². The number of amides is 2. The molecule has 2 heterocycles. The number of nitrogens with zero attached hydrogens (tertiary/aromatic N) is 4. The van der Waals surface area contributed by atoms with Gasteiger partial charge >= 0.3 is 0 Å². The van der Waals surface area contributed by atoms with Gasteiger partial charge in [-0.3, -0.25) is 14.7 Å². The van der Waals surface area contributed by atoms with Crippen LogP contribution < -0.4 is 0 Å². The lowest BCUT2D eigenvalue weighted by molar-refractivity contribution is -0.150. The van der Waals surface area contributed by atoms with Crippen molar-refractivity contribution in [2.45, 2.75) is 26.3 Å². The van der Waals surface area contributed by atoms with Gasteiger partial charge in [-0.25, -0.2) is 0 Å². The largest absolute Gasteiger partial charge is 0.375 e. The van der Waals surface area contributed by atoms with Crippen LogP contribution in [-0.2, 0) is 20.7 Å². The summed E-state index contributed by atoms with van der Waals surface area (Å²) in [7, 11) is 5.25. The molecule has 2 amide bonds. The molecule has 25 heavy (non-hydrogen) atoms. The van der Waals surface area contributed by atoms with Crippen LogP contribution in [0.3, 0.4) is 0 Å². The van der Waals surface area contributed by atoms with E-state index in [1.165, 1.54) is 7.11 Å². The summed E-state index contributed by atoms with van der Waals surface area (Å²) in [6, 6.07) is -0.460. The number of rotatable bonds is 6. The van der Waals surface area contributed by atoms with Crippen LogP contribution in [0.15, 0.2) is 0 Å². The lowest BCUT2D eigenvalue weighted by Crippen LogP contribution is -2.60. The summed E-state index contributed by atoms with van der Waals surface area (Å²) in [6.45, 7) is 6.39. The summed E-state index contributed by atoms with van der Waals surface area (Å²) >= 11 is 0. The number of hydrogen-bond donors (Lipinski definition) is 1. The zero-order valence-corrected chi connectivity index (χ0v) is 15.8. The van der Waals surface area contributed by atoms with Crippen molar-refractivity contribution in [2.75, 3.05) is 54.0 Å². The monoisotopic (exact) mass is 351 g/mol. The van der Waals surface area contributed by atoms with Crippen LogP contribution in [0.25, 0.3) is 0 Å². The Kier molecular flexibility index (Phi) is 6.55. The Balaban J connectivity index is 2.03. The van der Waals surface area contributed by atoms with Crippen molar-refractivity contribution in [3.05, 3.63) is 17.0 Å². The fourth-order valence-corrected chi connectivity index (χ4v) is 3.22. The predicted molar refractivity (Wildman–Crippen MR) is 94.3 cm³/mol. The van der Waals surface area contributed by atoms with Gasteiger partial charge in [0.1, 0.15) is 12.6 Å². The van der Waals surface area contributed by atoms with Crippen molar-refractivity contribution >= 4 is 11.8 Å². The highest BCUT2D eigenvalue weighted by Gasteiger charge is 2.35. The molecule has 1 fully saturated rings. The fourth-order valence-electron chi connectivity index (χ4n) is 3.22. The van der Waals surface area contributed by atoms with Gasteiger partial charge in [-0.15, -0.1) is 0 Å². The third-order valence-electron chi connectivity index (χ3n) is 4.81. The van der Waals surface area contributed by atoms with Gasteiger partial charge in [0.15, 0.2) is 0 Å². The summed E-state index contributed by atoms with van der Waals surface area (Å²) in [5, 5.41) is 7.16. The van der Waals surface area contributed by atoms with Crippen molar-refractivity contribution in [1.82, 2.24) is 24.9 Å². The second-order valence-electron chi connectivity index (χ2n) is 6.72. The molecule has 1 atom stereocenters. The van der Waals surface area contributed by atoms with E-state index in [0.717, 1.165) is 29.9 Å². The van der Waals surface area contributed by atoms with Crippen molar-refractivity contribution in [3.63, 3.8) is 0 Å². The van der Waals surface area contributed by atoms with Gasteiger partial charge in [0.2, 0.25) is 11.8 Å². The maximum atomic E-state index is 12.9. The fraction of sp³-hybridized carbons (Fsp3) is 0.706. The Bertz CT molecular complexity index is 596. The minimum atomic E-state index is -0.460. The second kappa shape index (κ2) is 8.44. The van der Waals surface area contributed by atoms with Crippen molar-refractivity contribution in [3.8, 4) is 0 Å². The number of piperazine rings is 1. The molecule has 0 aromatic carbocycles. The molecule has 8 nitrogen and oxygen atoms in total. The Morgan fingerprint density at radius 2 is 2.08 bits per heavy atom. The number of H-pyrrole nitrogens is 1. The van der Waals surface area contributed by atoms with Crippen LogP contribution in [0.4, 0.5) is 0 Å². The van der Waals surface area contributed by atoms with E-state index in [1.807, 2.05) is 20.9 Å². The first-order valence-corrected chi connectivity index (χ1v) is 8.57. The number of carbonyl (C=O) groups is 2. The predicted octanol–water partition coefficient (Wildman–Crippen LogP) is -0.184. The molecule has 1 N–H and O–H groups in total. The molecule has 1 aromatic rings. The molecule has 0 bridgehead atoms. The third kappa shape index (κ3) is 4.58. The number of nitrogens with one attached hydrogen (secondary N) is 1. The van der Waals surface area contributed by atoms with Crippen LogP contribution in [0.1, 0.15) is 17.0 Å². The number of aromatic nitrogens is 2. The number of likely N-dealkylation sites (N-methyl/N-ethyl adjacent to an activating group) is 2. The van der Waals surface area contributed by atoms with Crippen molar-refractivity contribution < 1.29 is 14.3 Å². The highest BCUT2D eigenvalue weighted by molar-refractivity contribution is 5.88. The first-order chi connectivity index (χ1) is 11.8. The molecule has 1 aromatic heterocycles. The zero-order valence-electron chi connectivity index (χ0n) is 15.8. The average molecular weight is 351 g/mol. The summed E-state index contributed by atoms with van der Waals surface area (Å²) in [6.07, 6.45) is 0.741. The van der Waals surface area contributed by atoms with Crippen LogP contribution in [0.2, 0.25) is 0 Å². The van der Waals surface area contributed by atoms with Crippen molar-refractivity contribution in [2.24, 2.45) is 0 Å². The van der Waals surface area contributed by atoms with Gasteiger partial charge in [-0.05, 0) is 32.9 Å². The maximum Gasteiger partial charge on any atom is 0.249 e. The van der Waals surface area contributed by atoms with Crippen LogP contribution in [-0.4, -0.2) is 96.7 Å². The van der Waals surface area contributed by atoms with Gasteiger partial charge in [0.05, 0.1) is 5.69 Å². The van der Waals surface area contributed by atoms with E-state index in [2.05, 4.69) is 15.1 Å². The number of hydrogen-bond acceptors (Lipinski definition) is 5. The van der Waals surface area contributed by atoms with Gasteiger partial charge in [0, 0.05) is 46.0 Å². The molecule has 0 radical (unpaired) electrons. The molecule has 0 aliphatic carbocycles. The second-order valence-corrected chi connectivity index (χ2v) is 6.72. The van der Waals surface area contributed by atoms with Crippen LogP contribution >= 0.6 is 0 Å². The minimum Gasteiger partial charge on any atom is -0.375 e. The highest BCUT2D eigenvalue weighted by Crippen LogP contribution is 2.14. The Hall–Kier alpha value is -1.93. The molecular formula is C17H29N5O3. The van der Waals surface area contributed by atoms with Gasteiger partial charge in [0.25, 0.3) is 0 Å². The summed E-state index contributed by atoms with van der Waals surface area (Å²) in [4.78, 5) is 30.6. The zero-order chi connectivity index (χ0) is 18.6. The Morgan fingerprint density at radius 1 is 1.36 bits per heavy atom. The van der Waals surface area contributed by atoms with E-state index in [0.29, 0.717) is 19.6 Å². The molecule has 1 aliphatic rings. The molecule has 140 valence electrons. The molecule has 0 saturated carbocycles. The lowest BCUT2D eigenvalue weighted by Gasteiger charge is -2.40. The Labute approximate surface area is 149 Å². The maximum absolute atomic E-state index is 12.9. The highest BCUT2D eigenvalue weighted by atomic mass is 16.5. The van der Waals surface area contributed by atoms with E-state index in [1.54, 1.807) is 16.8 Å². The standard InChI is InChI=1S/C17H29N5O3/c1-12-14(13(2)19-18-12)6-7-21(4)17(24)15-10-20(3)8-9-22(15)16(23)11-25-5/h15H,6-11H2,1-5H3,(H,18,19)/t15-/m1/s1. The number of carbonyl (C=O) groups excluding carboxylic acids is 2. The first-order valence-electron chi connectivity index (χ1n) is 8.57. The van der Waals surface area contributed by atoms with E-state index in [4.69, 9.17) is 4.74 Å².